The van der Waals surface area contributed by atoms with Crippen LogP contribution in [0.4, 0.5) is 39.5 Å². The summed E-state index contributed by atoms with van der Waals surface area (Å²) in [5.41, 5.74) is -1.81. The van der Waals surface area contributed by atoms with Crippen LogP contribution in [0, 0.1) is 35.0 Å². The standard InChI is InChI=1S/C21H17F9O4/c1-2-3-10-8-31-19(32-9-10)21(29,30)34-15-5-4-12(16(24)18(15)26)20(27,28)33-11-6-13(22)17(25)14(23)7-11/h4-7,10,19H,2-3,8-9H2,1H3. The molecule has 188 valence electrons. The van der Waals surface area contributed by atoms with Gasteiger partial charge in [0.1, 0.15) is 11.3 Å². The molecule has 0 saturated carbocycles. The summed E-state index contributed by atoms with van der Waals surface area (Å²) in [6, 6.07) is 0.537. The summed E-state index contributed by atoms with van der Waals surface area (Å²) in [4.78, 5) is 0. The van der Waals surface area contributed by atoms with Crippen molar-refractivity contribution in [2.24, 2.45) is 5.92 Å². The van der Waals surface area contributed by atoms with Gasteiger partial charge in [0.05, 0.1) is 13.2 Å². The van der Waals surface area contributed by atoms with Crippen LogP contribution in [0.15, 0.2) is 24.3 Å². The summed E-state index contributed by atoms with van der Waals surface area (Å²) in [5, 5.41) is 0. The van der Waals surface area contributed by atoms with Crippen molar-refractivity contribution in [1.29, 1.82) is 0 Å². The van der Waals surface area contributed by atoms with E-state index in [9.17, 15) is 39.5 Å². The molecule has 1 saturated heterocycles. The van der Waals surface area contributed by atoms with Gasteiger partial charge in [0, 0.05) is 18.1 Å². The molecule has 0 bridgehead atoms. The van der Waals surface area contributed by atoms with Gasteiger partial charge in [-0.05, 0) is 18.6 Å². The summed E-state index contributed by atoms with van der Waals surface area (Å²) in [7, 11) is 0. The number of alkyl halides is 4. The van der Waals surface area contributed by atoms with Gasteiger partial charge < -0.3 is 18.9 Å². The first kappa shape index (κ1) is 25.9. The van der Waals surface area contributed by atoms with Crippen molar-refractivity contribution in [2.75, 3.05) is 13.2 Å². The molecule has 0 radical (unpaired) electrons. The SMILES string of the molecule is CCCC1COC(C(F)(F)Oc2ccc(C(F)(F)Oc3cc(F)c(F)c(F)c3)c(F)c2F)OC1. The largest absolute Gasteiger partial charge is 0.451 e. The predicted molar refractivity (Wildman–Crippen MR) is 96.9 cm³/mol. The summed E-state index contributed by atoms with van der Waals surface area (Å²) in [5.74, 6) is -13.1. The van der Waals surface area contributed by atoms with Crippen LogP contribution in [-0.2, 0) is 15.6 Å². The Hall–Kier alpha value is -2.67. The van der Waals surface area contributed by atoms with Gasteiger partial charge in [0.2, 0.25) is 5.82 Å². The molecule has 0 aromatic heterocycles. The van der Waals surface area contributed by atoms with Gasteiger partial charge in [0.25, 0.3) is 6.29 Å². The third-order valence-electron chi connectivity index (χ3n) is 4.75. The van der Waals surface area contributed by atoms with E-state index in [2.05, 4.69) is 9.47 Å². The first-order valence-electron chi connectivity index (χ1n) is 9.85. The van der Waals surface area contributed by atoms with Crippen LogP contribution in [0.2, 0.25) is 0 Å². The number of halogens is 9. The number of benzene rings is 2. The molecule has 3 rings (SSSR count). The van der Waals surface area contributed by atoms with Crippen LogP contribution in [-0.4, -0.2) is 25.6 Å². The molecule has 0 unspecified atom stereocenters. The fourth-order valence-electron chi connectivity index (χ4n) is 3.14. The average molecular weight is 504 g/mol. The van der Waals surface area contributed by atoms with E-state index in [1.54, 1.807) is 0 Å². The lowest BCUT2D eigenvalue weighted by Crippen LogP contribution is -2.47. The first-order valence-corrected chi connectivity index (χ1v) is 9.85. The normalized spacial score (nSPS) is 19.2. The topological polar surface area (TPSA) is 36.9 Å². The Morgan fingerprint density at radius 3 is 2.00 bits per heavy atom. The summed E-state index contributed by atoms with van der Waals surface area (Å²) in [6.45, 7) is 1.68. The smallest absolute Gasteiger partial charge is 0.429 e. The van der Waals surface area contributed by atoms with Crippen molar-refractivity contribution in [3.05, 3.63) is 58.9 Å². The maximum absolute atomic E-state index is 14.3. The third-order valence-corrected chi connectivity index (χ3v) is 4.75. The Balaban J connectivity index is 1.77. The zero-order valence-corrected chi connectivity index (χ0v) is 17.3. The van der Waals surface area contributed by atoms with E-state index < -0.39 is 64.7 Å². The van der Waals surface area contributed by atoms with Gasteiger partial charge in [-0.15, -0.1) is 0 Å². The van der Waals surface area contributed by atoms with Crippen LogP contribution >= 0.6 is 0 Å². The zero-order valence-electron chi connectivity index (χ0n) is 17.3. The van der Waals surface area contributed by atoms with Gasteiger partial charge in [-0.2, -0.15) is 22.0 Å². The van der Waals surface area contributed by atoms with Crippen LogP contribution in [0.25, 0.3) is 0 Å². The molecule has 0 N–H and O–H groups in total. The molecule has 0 atom stereocenters. The van der Waals surface area contributed by atoms with Crippen LogP contribution < -0.4 is 9.47 Å². The highest BCUT2D eigenvalue weighted by Crippen LogP contribution is 2.38. The molecule has 1 heterocycles. The van der Waals surface area contributed by atoms with Crippen LogP contribution in [0.3, 0.4) is 0 Å². The Labute approximate surface area is 187 Å². The van der Waals surface area contributed by atoms with E-state index in [0.717, 1.165) is 6.42 Å². The molecule has 4 nitrogen and oxygen atoms in total. The Morgan fingerprint density at radius 2 is 1.44 bits per heavy atom. The lowest BCUT2D eigenvalue weighted by atomic mass is 10.1. The van der Waals surface area contributed by atoms with Gasteiger partial charge >= 0.3 is 12.2 Å². The van der Waals surface area contributed by atoms with E-state index >= 15 is 0 Å². The van der Waals surface area contributed by atoms with Crippen molar-refractivity contribution in [3.8, 4) is 11.5 Å². The number of hydrogen-bond acceptors (Lipinski definition) is 4. The summed E-state index contributed by atoms with van der Waals surface area (Å²) < 4.78 is 143. The molecule has 2 aromatic carbocycles. The molecule has 0 amide bonds. The molecule has 13 heteroatoms. The minimum atomic E-state index is -4.74. The molecule has 1 fully saturated rings. The van der Waals surface area contributed by atoms with E-state index in [4.69, 9.17) is 9.47 Å². The van der Waals surface area contributed by atoms with Crippen LogP contribution in [0.1, 0.15) is 25.3 Å². The van der Waals surface area contributed by atoms with E-state index in [1.165, 1.54) is 0 Å². The minimum absolute atomic E-state index is 0.0495. The van der Waals surface area contributed by atoms with Gasteiger partial charge in [-0.25, -0.2) is 17.6 Å². The van der Waals surface area contributed by atoms with Crippen molar-refractivity contribution >= 4 is 0 Å². The number of ether oxygens (including phenoxy) is 4. The van der Waals surface area contributed by atoms with Gasteiger partial charge in [-0.3, -0.25) is 0 Å². The molecule has 2 aromatic rings. The van der Waals surface area contributed by atoms with Crippen molar-refractivity contribution < 1.29 is 58.5 Å². The number of hydrogen-bond donors (Lipinski definition) is 0. The zero-order chi connectivity index (χ0) is 25.3. The molecular weight excluding hydrogens is 487 g/mol. The third kappa shape index (κ3) is 5.52. The average Bonchev–Trinajstić information content (AvgIpc) is 2.75. The second kappa shape index (κ2) is 9.90. The predicted octanol–water partition coefficient (Wildman–Crippen LogP) is 6.27. The minimum Gasteiger partial charge on any atom is -0.429 e. The lowest BCUT2D eigenvalue weighted by Gasteiger charge is -2.33. The van der Waals surface area contributed by atoms with Crippen molar-refractivity contribution in [1.82, 2.24) is 0 Å². The first-order chi connectivity index (χ1) is 15.9. The monoisotopic (exact) mass is 504 g/mol. The van der Waals surface area contributed by atoms with Crippen molar-refractivity contribution in [3.63, 3.8) is 0 Å². The highest BCUT2D eigenvalue weighted by atomic mass is 19.3. The van der Waals surface area contributed by atoms with E-state index in [1.807, 2.05) is 6.92 Å². The van der Waals surface area contributed by atoms with Gasteiger partial charge in [0.15, 0.2) is 29.0 Å². The molecule has 34 heavy (non-hydrogen) atoms. The highest BCUT2D eigenvalue weighted by molar-refractivity contribution is 5.34. The summed E-state index contributed by atoms with van der Waals surface area (Å²) in [6.07, 6.45) is -9.91. The highest BCUT2D eigenvalue weighted by Gasteiger charge is 2.48. The fourth-order valence-corrected chi connectivity index (χ4v) is 3.14. The maximum atomic E-state index is 14.3. The second-order valence-corrected chi connectivity index (χ2v) is 7.38. The maximum Gasteiger partial charge on any atom is 0.451 e. The second-order valence-electron chi connectivity index (χ2n) is 7.38. The fraction of sp³-hybridized carbons (Fsp3) is 0.429. The van der Waals surface area contributed by atoms with E-state index in [-0.39, 0.29) is 43.4 Å². The number of rotatable bonds is 8. The molecular formula is C21H17F9O4. The Morgan fingerprint density at radius 1 is 0.853 bits per heavy atom. The summed E-state index contributed by atoms with van der Waals surface area (Å²) >= 11 is 0. The molecule has 1 aliphatic rings. The molecule has 0 spiro atoms. The van der Waals surface area contributed by atoms with E-state index in [0.29, 0.717) is 6.42 Å². The lowest BCUT2D eigenvalue weighted by molar-refractivity contribution is -0.352. The quantitative estimate of drug-likeness (QED) is 0.314. The Bertz CT molecular complexity index is 1000. The van der Waals surface area contributed by atoms with Crippen molar-refractivity contribution in [2.45, 2.75) is 38.3 Å². The van der Waals surface area contributed by atoms with Gasteiger partial charge in [-0.1, -0.05) is 13.3 Å². The molecule has 0 aliphatic carbocycles. The molecule has 1 aliphatic heterocycles. The Kier molecular flexibility index (Phi) is 7.56. The van der Waals surface area contributed by atoms with Crippen LogP contribution in [0.5, 0.6) is 11.5 Å².